The standard InChI is InChI=1S/C14H16ClN5O/c15-12-7-11(17)1-2-13(12)19-14(21)10(8-16)9-20-5-3-18-4-6-20/h1-2,7,9,18H,3-6,17H2,(H,19,21)/b10-9-. The summed E-state index contributed by atoms with van der Waals surface area (Å²) >= 11 is 6.00. The summed E-state index contributed by atoms with van der Waals surface area (Å²) in [6.07, 6.45) is 1.58. The predicted molar refractivity (Wildman–Crippen MR) is 82.6 cm³/mol. The Morgan fingerprint density at radius 3 is 2.81 bits per heavy atom. The van der Waals surface area contributed by atoms with E-state index < -0.39 is 5.91 Å². The number of anilines is 2. The van der Waals surface area contributed by atoms with E-state index in [1.807, 2.05) is 11.0 Å². The molecule has 1 amide bonds. The van der Waals surface area contributed by atoms with Crippen LogP contribution in [0.25, 0.3) is 0 Å². The average molecular weight is 306 g/mol. The highest BCUT2D eigenvalue weighted by atomic mass is 35.5. The molecule has 0 atom stereocenters. The summed E-state index contributed by atoms with van der Waals surface area (Å²) in [5.41, 5.74) is 6.58. The van der Waals surface area contributed by atoms with Crippen molar-refractivity contribution in [1.29, 1.82) is 5.26 Å². The molecule has 2 rings (SSSR count). The van der Waals surface area contributed by atoms with E-state index in [1.165, 1.54) is 0 Å². The Labute approximate surface area is 128 Å². The number of nitrogen functional groups attached to an aromatic ring is 1. The number of carbonyl (C=O) groups excluding carboxylic acids is 1. The number of halogens is 1. The van der Waals surface area contributed by atoms with Crippen molar-refractivity contribution in [1.82, 2.24) is 10.2 Å². The van der Waals surface area contributed by atoms with Crippen molar-refractivity contribution in [3.8, 4) is 6.07 Å². The van der Waals surface area contributed by atoms with E-state index in [0.29, 0.717) is 16.4 Å². The van der Waals surface area contributed by atoms with Crippen molar-refractivity contribution in [2.75, 3.05) is 37.2 Å². The van der Waals surface area contributed by atoms with Crippen molar-refractivity contribution in [2.45, 2.75) is 0 Å². The lowest BCUT2D eigenvalue weighted by Gasteiger charge is -2.26. The average Bonchev–Trinajstić information content (AvgIpc) is 2.48. The maximum absolute atomic E-state index is 12.1. The van der Waals surface area contributed by atoms with Gasteiger partial charge in [0.05, 0.1) is 10.7 Å². The van der Waals surface area contributed by atoms with Gasteiger partial charge in [-0.25, -0.2) is 0 Å². The molecule has 21 heavy (non-hydrogen) atoms. The number of nitrogens with two attached hydrogens (primary N) is 1. The van der Waals surface area contributed by atoms with Crippen LogP contribution in [0.5, 0.6) is 0 Å². The molecule has 1 aromatic carbocycles. The molecule has 0 radical (unpaired) electrons. The Balaban J connectivity index is 2.09. The van der Waals surface area contributed by atoms with Crippen LogP contribution >= 0.6 is 11.6 Å². The molecule has 1 heterocycles. The molecular weight excluding hydrogens is 290 g/mol. The van der Waals surface area contributed by atoms with Crippen LogP contribution in [0.4, 0.5) is 11.4 Å². The monoisotopic (exact) mass is 305 g/mol. The van der Waals surface area contributed by atoms with Gasteiger partial charge >= 0.3 is 0 Å². The van der Waals surface area contributed by atoms with Crippen molar-refractivity contribution >= 4 is 28.9 Å². The number of piperazine rings is 1. The number of nitrogens with one attached hydrogen (secondary N) is 2. The minimum atomic E-state index is -0.484. The molecule has 6 nitrogen and oxygen atoms in total. The molecule has 0 aliphatic carbocycles. The second kappa shape index (κ2) is 6.97. The second-order valence-corrected chi connectivity index (χ2v) is 5.04. The van der Waals surface area contributed by atoms with Gasteiger partial charge in [0.1, 0.15) is 11.6 Å². The van der Waals surface area contributed by atoms with E-state index in [2.05, 4.69) is 10.6 Å². The lowest BCUT2D eigenvalue weighted by atomic mass is 10.2. The summed E-state index contributed by atoms with van der Waals surface area (Å²) in [4.78, 5) is 14.1. The fraction of sp³-hybridized carbons (Fsp3) is 0.286. The molecule has 7 heteroatoms. The first-order valence-corrected chi connectivity index (χ1v) is 6.91. The van der Waals surface area contributed by atoms with E-state index in [4.69, 9.17) is 22.6 Å². The summed E-state index contributed by atoms with van der Waals surface area (Å²) in [7, 11) is 0. The number of benzene rings is 1. The molecule has 0 spiro atoms. The zero-order valence-electron chi connectivity index (χ0n) is 11.4. The zero-order valence-corrected chi connectivity index (χ0v) is 12.2. The first kappa shape index (κ1) is 15.2. The highest BCUT2D eigenvalue weighted by Crippen LogP contribution is 2.24. The Morgan fingerprint density at radius 1 is 1.48 bits per heavy atom. The van der Waals surface area contributed by atoms with Crippen LogP contribution in [0, 0.1) is 11.3 Å². The van der Waals surface area contributed by atoms with Crippen LogP contribution in [-0.2, 0) is 4.79 Å². The first-order valence-electron chi connectivity index (χ1n) is 6.53. The second-order valence-electron chi connectivity index (χ2n) is 4.63. The Morgan fingerprint density at radius 2 is 2.19 bits per heavy atom. The predicted octanol–water partition coefficient (Wildman–Crippen LogP) is 1.17. The first-order chi connectivity index (χ1) is 10.1. The van der Waals surface area contributed by atoms with E-state index in [-0.39, 0.29) is 5.57 Å². The summed E-state index contributed by atoms with van der Waals surface area (Å²) in [5, 5.41) is 15.3. The van der Waals surface area contributed by atoms with Gasteiger partial charge in [-0.05, 0) is 18.2 Å². The molecule has 0 bridgehead atoms. The molecule has 0 unspecified atom stereocenters. The Kier molecular flexibility index (Phi) is 5.04. The third-order valence-electron chi connectivity index (χ3n) is 3.07. The van der Waals surface area contributed by atoms with Gasteiger partial charge in [-0.2, -0.15) is 5.26 Å². The number of carbonyl (C=O) groups is 1. The largest absolute Gasteiger partial charge is 0.399 e. The summed E-state index contributed by atoms with van der Waals surface area (Å²) < 4.78 is 0. The van der Waals surface area contributed by atoms with Crippen LogP contribution in [0.1, 0.15) is 0 Å². The summed E-state index contributed by atoms with van der Waals surface area (Å²) in [6.45, 7) is 3.20. The molecule has 0 saturated carbocycles. The molecule has 1 saturated heterocycles. The van der Waals surface area contributed by atoms with Crippen molar-refractivity contribution in [3.05, 3.63) is 35.0 Å². The van der Waals surface area contributed by atoms with E-state index in [9.17, 15) is 4.79 Å². The molecule has 110 valence electrons. The van der Waals surface area contributed by atoms with Gasteiger partial charge in [0.25, 0.3) is 5.91 Å². The van der Waals surface area contributed by atoms with Gasteiger partial charge in [-0.15, -0.1) is 0 Å². The smallest absolute Gasteiger partial charge is 0.267 e. The van der Waals surface area contributed by atoms with E-state index >= 15 is 0 Å². The lowest BCUT2D eigenvalue weighted by Crippen LogP contribution is -2.41. The Hall–Kier alpha value is -2.23. The number of hydrogen-bond acceptors (Lipinski definition) is 5. The molecule has 1 aromatic rings. The van der Waals surface area contributed by atoms with Crippen molar-refractivity contribution in [3.63, 3.8) is 0 Å². The van der Waals surface area contributed by atoms with Gasteiger partial charge < -0.3 is 21.3 Å². The number of hydrogen-bond donors (Lipinski definition) is 3. The van der Waals surface area contributed by atoms with Crippen LogP contribution in [0.3, 0.4) is 0 Å². The number of nitriles is 1. The van der Waals surface area contributed by atoms with Crippen molar-refractivity contribution in [2.24, 2.45) is 0 Å². The molecule has 1 aliphatic rings. The topological polar surface area (TPSA) is 94.2 Å². The number of nitrogens with zero attached hydrogens (tertiary/aromatic N) is 2. The van der Waals surface area contributed by atoms with Gasteiger partial charge in [0, 0.05) is 38.1 Å². The van der Waals surface area contributed by atoms with Gasteiger partial charge in [0.2, 0.25) is 0 Å². The third-order valence-corrected chi connectivity index (χ3v) is 3.38. The Bertz CT molecular complexity index is 602. The van der Waals surface area contributed by atoms with Crippen LogP contribution < -0.4 is 16.4 Å². The highest BCUT2D eigenvalue weighted by molar-refractivity contribution is 6.34. The minimum absolute atomic E-state index is 0.0461. The van der Waals surface area contributed by atoms with Gasteiger partial charge in [-0.1, -0.05) is 11.6 Å². The SMILES string of the molecule is N#C/C(=C/N1CCNCC1)C(=O)Nc1ccc(N)cc1Cl. The zero-order chi connectivity index (χ0) is 15.2. The third kappa shape index (κ3) is 4.12. The lowest BCUT2D eigenvalue weighted by molar-refractivity contribution is -0.112. The van der Waals surface area contributed by atoms with Gasteiger partial charge in [-0.3, -0.25) is 4.79 Å². The van der Waals surface area contributed by atoms with Gasteiger partial charge in [0.15, 0.2) is 0 Å². The van der Waals surface area contributed by atoms with Crippen molar-refractivity contribution < 1.29 is 4.79 Å². The van der Waals surface area contributed by atoms with Crippen LogP contribution in [0.15, 0.2) is 30.0 Å². The maximum atomic E-state index is 12.1. The van der Waals surface area contributed by atoms with E-state index in [0.717, 1.165) is 26.2 Å². The summed E-state index contributed by atoms with van der Waals surface area (Å²) in [6, 6.07) is 6.70. The highest BCUT2D eigenvalue weighted by Gasteiger charge is 2.14. The number of amides is 1. The van der Waals surface area contributed by atoms with Crippen LogP contribution in [-0.4, -0.2) is 37.0 Å². The molecule has 4 N–H and O–H groups in total. The normalized spacial score (nSPS) is 15.4. The maximum Gasteiger partial charge on any atom is 0.267 e. The molecule has 1 fully saturated rings. The summed E-state index contributed by atoms with van der Waals surface area (Å²) in [5.74, 6) is -0.484. The molecular formula is C14H16ClN5O. The minimum Gasteiger partial charge on any atom is -0.399 e. The quantitative estimate of drug-likeness (QED) is 0.443. The number of rotatable bonds is 3. The fourth-order valence-corrected chi connectivity index (χ4v) is 2.19. The molecule has 0 aromatic heterocycles. The molecule has 1 aliphatic heterocycles. The van der Waals surface area contributed by atoms with Crippen LogP contribution in [0.2, 0.25) is 5.02 Å². The fourth-order valence-electron chi connectivity index (χ4n) is 1.95. The van der Waals surface area contributed by atoms with E-state index in [1.54, 1.807) is 24.4 Å².